The first-order valence-electron chi connectivity index (χ1n) is 11.8. The van der Waals surface area contributed by atoms with Gasteiger partial charge in [-0.1, -0.05) is 66.7 Å². The van der Waals surface area contributed by atoms with Crippen molar-refractivity contribution < 1.29 is 19.0 Å². The first kappa shape index (κ1) is 25.3. The lowest BCUT2D eigenvalue weighted by Gasteiger charge is -2.19. The van der Waals surface area contributed by atoms with Gasteiger partial charge in [0.15, 0.2) is 6.10 Å². The fourth-order valence-corrected chi connectivity index (χ4v) is 3.62. The fraction of sp³-hybridized carbons (Fsp3) is 0.300. The SMILES string of the molecule is CCOC(=O)C(Cc1ccc(OC/C=C(\C)c2ccc(-c3ccccc3)cc2)cc1)OC(C)C. The molecule has 4 heteroatoms. The largest absolute Gasteiger partial charge is 0.490 e. The van der Waals surface area contributed by atoms with E-state index < -0.39 is 6.10 Å². The standard InChI is InChI=1S/C30H34O4/c1-5-32-30(31)29(34-22(2)3)21-24-11-17-28(18-12-24)33-20-19-23(4)25-13-15-27(16-14-25)26-9-7-6-8-10-26/h6-19,22,29H,5,20-21H2,1-4H3/b23-19+. The zero-order valence-corrected chi connectivity index (χ0v) is 20.5. The molecule has 3 rings (SSSR count). The Bertz CT molecular complexity index is 1050. The van der Waals surface area contributed by atoms with Gasteiger partial charge >= 0.3 is 5.97 Å². The molecule has 4 nitrogen and oxygen atoms in total. The smallest absolute Gasteiger partial charge is 0.335 e. The molecule has 34 heavy (non-hydrogen) atoms. The summed E-state index contributed by atoms with van der Waals surface area (Å²) in [4.78, 5) is 12.2. The van der Waals surface area contributed by atoms with Crippen LogP contribution in [0, 0.1) is 0 Å². The molecular weight excluding hydrogens is 424 g/mol. The highest BCUT2D eigenvalue weighted by atomic mass is 16.6. The second-order valence-corrected chi connectivity index (χ2v) is 8.42. The maximum atomic E-state index is 12.2. The monoisotopic (exact) mass is 458 g/mol. The highest BCUT2D eigenvalue weighted by molar-refractivity contribution is 5.75. The van der Waals surface area contributed by atoms with Crippen molar-refractivity contribution in [3.63, 3.8) is 0 Å². The molecule has 0 aliphatic rings. The highest BCUT2D eigenvalue weighted by Crippen LogP contribution is 2.22. The van der Waals surface area contributed by atoms with Crippen LogP contribution in [-0.4, -0.2) is 31.4 Å². The number of rotatable bonds is 11. The molecule has 0 heterocycles. The van der Waals surface area contributed by atoms with Crippen LogP contribution in [0.25, 0.3) is 16.7 Å². The summed E-state index contributed by atoms with van der Waals surface area (Å²) < 4.78 is 16.8. The molecule has 0 spiro atoms. The summed E-state index contributed by atoms with van der Waals surface area (Å²) in [7, 11) is 0. The Hall–Kier alpha value is -3.37. The third-order valence-corrected chi connectivity index (χ3v) is 5.42. The maximum absolute atomic E-state index is 12.2. The average molecular weight is 459 g/mol. The lowest BCUT2D eigenvalue weighted by molar-refractivity contribution is -0.159. The zero-order chi connectivity index (χ0) is 24.3. The summed E-state index contributed by atoms with van der Waals surface area (Å²) in [5.74, 6) is 0.457. The van der Waals surface area contributed by atoms with Crippen molar-refractivity contribution >= 4 is 11.5 Å². The Morgan fingerprint density at radius 2 is 1.53 bits per heavy atom. The second-order valence-electron chi connectivity index (χ2n) is 8.42. The van der Waals surface area contributed by atoms with Crippen molar-refractivity contribution in [1.29, 1.82) is 0 Å². The lowest BCUT2D eigenvalue weighted by Crippen LogP contribution is -2.31. The van der Waals surface area contributed by atoms with Crippen LogP contribution < -0.4 is 4.74 Å². The molecule has 0 saturated carbocycles. The molecule has 0 aliphatic carbocycles. The molecule has 178 valence electrons. The van der Waals surface area contributed by atoms with E-state index in [1.165, 1.54) is 22.3 Å². The van der Waals surface area contributed by atoms with E-state index in [-0.39, 0.29) is 12.1 Å². The minimum Gasteiger partial charge on any atom is -0.490 e. The summed E-state index contributed by atoms with van der Waals surface area (Å²) in [5, 5.41) is 0. The lowest BCUT2D eigenvalue weighted by atomic mass is 10.0. The zero-order valence-electron chi connectivity index (χ0n) is 20.5. The molecule has 0 aliphatic heterocycles. The minimum atomic E-state index is -0.606. The molecule has 0 bridgehead atoms. The van der Waals surface area contributed by atoms with Crippen LogP contribution in [0.4, 0.5) is 0 Å². The third-order valence-electron chi connectivity index (χ3n) is 5.42. The number of carbonyl (C=O) groups excluding carboxylic acids is 1. The molecule has 1 atom stereocenters. The number of esters is 1. The molecule has 1 unspecified atom stereocenters. The van der Waals surface area contributed by atoms with Gasteiger partial charge in [0.25, 0.3) is 0 Å². The average Bonchev–Trinajstić information content (AvgIpc) is 2.85. The minimum absolute atomic E-state index is 0.0541. The summed E-state index contributed by atoms with van der Waals surface area (Å²) in [6, 6.07) is 26.7. The van der Waals surface area contributed by atoms with Gasteiger partial charge in [-0.05, 0) is 73.7 Å². The molecular formula is C30H34O4. The van der Waals surface area contributed by atoms with Gasteiger partial charge in [0.05, 0.1) is 12.7 Å². The quantitative estimate of drug-likeness (QED) is 0.299. The first-order chi connectivity index (χ1) is 16.5. The van der Waals surface area contributed by atoms with Gasteiger partial charge < -0.3 is 14.2 Å². The Morgan fingerprint density at radius 1 is 0.882 bits per heavy atom. The Balaban J connectivity index is 1.54. The first-order valence-corrected chi connectivity index (χ1v) is 11.8. The predicted molar refractivity (Wildman–Crippen MR) is 138 cm³/mol. The number of ether oxygens (including phenoxy) is 3. The van der Waals surface area contributed by atoms with Gasteiger partial charge in [-0.15, -0.1) is 0 Å². The topological polar surface area (TPSA) is 44.8 Å². The highest BCUT2D eigenvalue weighted by Gasteiger charge is 2.22. The molecule has 3 aromatic rings. The summed E-state index contributed by atoms with van der Waals surface area (Å²) in [6.07, 6.45) is 1.89. The Morgan fingerprint density at radius 3 is 2.15 bits per heavy atom. The van der Waals surface area contributed by atoms with Crippen molar-refractivity contribution in [3.8, 4) is 16.9 Å². The van der Waals surface area contributed by atoms with Crippen LogP contribution in [0.2, 0.25) is 0 Å². The number of allylic oxidation sites excluding steroid dienone is 1. The Kier molecular flexibility index (Phi) is 9.48. The molecule has 3 aromatic carbocycles. The number of carbonyl (C=O) groups is 1. The van der Waals surface area contributed by atoms with Gasteiger partial charge in [-0.25, -0.2) is 4.79 Å². The van der Waals surface area contributed by atoms with Crippen LogP contribution >= 0.6 is 0 Å². The van der Waals surface area contributed by atoms with Crippen LogP contribution in [0.3, 0.4) is 0 Å². The van der Waals surface area contributed by atoms with E-state index in [2.05, 4.69) is 61.5 Å². The number of hydrogen-bond donors (Lipinski definition) is 0. The van der Waals surface area contributed by atoms with Crippen molar-refractivity contribution in [3.05, 3.63) is 96.1 Å². The molecule has 0 fully saturated rings. The van der Waals surface area contributed by atoms with E-state index in [0.29, 0.717) is 19.6 Å². The normalized spacial score (nSPS) is 12.4. The van der Waals surface area contributed by atoms with Crippen molar-refractivity contribution in [2.24, 2.45) is 0 Å². The Labute approximate surface area is 203 Å². The van der Waals surface area contributed by atoms with Crippen molar-refractivity contribution in [2.75, 3.05) is 13.2 Å². The summed E-state index contributed by atoms with van der Waals surface area (Å²) in [6.45, 7) is 8.54. The van der Waals surface area contributed by atoms with E-state index >= 15 is 0 Å². The van der Waals surface area contributed by atoms with Crippen molar-refractivity contribution in [2.45, 2.75) is 46.3 Å². The molecule has 0 aromatic heterocycles. The van der Waals surface area contributed by atoms with Gasteiger partial charge in [-0.3, -0.25) is 0 Å². The summed E-state index contributed by atoms with van der Waals surface area (Å²) in [5.41, 5.74) is 5.76. The van der Waals surface area contributed by atoms with Gasteiger partial charge in [0.1, 0.15) is 12.4 Å². The molecule has 0 saturated heterocycles. The summed E-state index contributed by atoms with van der Waals surface area (Å²) >= 11 is 0. The fourth-order valence-electron chi connectivity index (χ4n) is 3.62. The predicted octanol–water partition coefficient (Wildman–Crippen LogP) is 6.74. The van der Waals surface area contributed by atoms with E-state index in [4.69, 9.17) is 14.2 Å². The van der Waals surface area contributed by atoms with Crippen LogP contribution in [0.1, 0.15) is 38.8 Å². The van der Waals surface area contributed by atoms with E-state index in [9.17, 15) is 4.79 Å². The van der Waals surface area contributed by atoms with Gasteiger partial charge in [-0.2, -0.15) is 0 Å². The maximum Gasteiger partial charge on any atom is 0.335 e. The molecule has 0 amide bonds. The third kappa shape index (κ3) is 7.60. The molecule has 0 N–H and O–H groups in total. The van der Waals surface area contributed by atoms with Gasteiger partial charge in [0, 0.05) is 6.42 Å². The van der Waals surface area contributed by atoms with E-state index in [1.807, 2.05) is 44.2 Å². The van der Waals surface area contributed by atoms with Crippen molar-refractivity contribution in [1.82, 2.24) is 0 Å². The van der Waals surface area contributed by atoms with Gasteiger partial charge in [0.2, 0.25) is 0 Å². The van der Waals surface area contributed by atoms with E-state index in [1.54, 1.807) is 6.92 Å². The van der Waals surface area contributed by atoms with Crippen LogP contribution in [0.5, 0.6) is 5.75 Å². The van der Waals surface area contributed by atoms with Crippen LogP contribution in [0.15, 0.2) is 84.9 Å². The number of hydrogen-bond acceptors (Lipinski definition) is 4. The second kappa shape index (κ2) is 12.8. The van der Waals surface area contributed by atoms with Crippen LogP contribution in [-0.2, 0) is 20.7 Å². The molecule has 0 radical (unpaired) electrons. The van der Waals surface area contributed by atoms with E-state index in [0.717, 1.165) is 11.3 Å². The number of benzene rings is 3.